The molecule has 1 aliphatic carbocycles. The molecular formula is C22H42N4. The van der Waals surface area contributed by atoms with Crippen LogP contribution in [0.1, 0.15) is 46.0 Å². The van der Waals surface area contributed by atoms with Gasteiger partial charge in [0.25, 0.3) is 0 Å². The van der Waals surface area contributed by atoms with Crippen molar-refractivity contribution in [1.29, 1.82) is 0 Å². The Bertz CT molecular complexity index is 439. The minimum atomic E-state index is 0.711. The number of piperidine rings is 1. The molecule has 4 rings (SSSR count). The fourth-order valence-electron chi connectivity index (χ4n) is 6.01. The van der Waals surface area contributed by atoms with Gasteiger partial charge in [0.15, 0.2) is 0 Å². The van der Waals surface area contributed by atoms with E-state index in [0.717, 1.165) is 17.9 Å². The summed E-state index contributed by atoms with van der Waals surface area (Å²) in [6, 6.07) is 0.864. The van der Waals surface area contributed by atoms with Gasteiger partial charge >= 0.3 is 0 Å². The predicted molar refractivity (Wildman–Crippen MR) is 110 cm³/mol. The van der Waals surface area contributed by atoms with E-state index in [4.69, 9.17) is 0 Å². The molecule has 4 aliphatic rings. The second kappa shape index (κ2) is 8.06. The Morgan fingerprint density at radius 3 is 2.08 bits per heavy atom. The highest BCUT2D eigenvalue weighted by molar-refractivity contribution is 4.97. The van der Waals surface area contributed by atoms with Gasteiger partial charge in [-0.1, -0.05) is 13.8 Å². The third kappa shape index (κ3) is 4.81. The van der Waals surface area contributed by atoms with E-state index < -0.39 is 0 Å². The van der Waals surface area contributed by atoms with Gasteiger partial charge in [-0.2, -0.15) is 0 Å². The van der Waals surface area contributed by atoms with Crippen molar-refractivity contribution < 1.29 is 0 Å². The molecule has 3 heterocycles. The lowest BCUT2D eigenvalue weighted by molar-refractivity contribution is 0.0306. The molecule has 0 aromatic heterocycles. The fourth-order valence-corrected chi connectivity index (χ4v) is 6.01. The van der Waals surface area contributed by atoms with Crippen LogP contribution in [0.3, 0.4) is 0 Å². The van der Waals surface area contributed by atoms with Gasteiger partial charge in [-0.05, 0) is 69.5 Å². The first-order chi connectivity index (χ1) is 12.5. The van der Waals surface area contributed by atoms with Crippen LogP contribution in [0.25, 0.3) is 0 Å². The van der Waals surface area contributed by atoms with Crippen molar-refractivity contribution in [2.45, 2.75) is 52.0 Å². The Hall–Kier alpha value is -0.160. The van der Waals surface area contributed by atoms with Crippen molar-refractivity contribution in [3.05, 3.63) is 0 Å². The molecule has 0 amide bonds. The summed E-state index contributed by atoms with van der Waals surface area (Å²) in [5.74, 6) is 1.81. The molecule has 4 fully saturated rings. The van der Waals surface area contributed by atoms with Gasteiger partial charge in [0.2, 0.25) is 0 Å². The third-order valence-corrected chi connectivity index (χ3v) is 7.49. The average Bonchev–Trinajstić information content (AvgIpc) is 3.33. The number of nitrogens with zero attached hydrogens (tertiary/aromatic N) is 4. The summed E-state index contributed by atoms with van der Waals surface area (Å²) in [7, 11) is 2.24. The van der Waals surface area contributed by atoms with Crippen LogP contribution in [0.5, 0.6) is 0 Å². The van der Waals surface area contributed by atoms with Crippen molar-refractivity contribution in [3.8, 4) is 0 Å². The highest BCUT2D eigenvalue weighted by atomic mass is 15.3. The largest absolute Gasteiger partial charge is 0.306 e. The van der Waals surface area contributed by atoms with Crippen LogP contribution >= 0.6 is 0 Å². The minimum absolute atomic E-state index is 0.711. The molecule has 26 heavy (non-hydrogen) atoms. The third-order valence-electron chi connectivity index (χ3n) is 7.49. The first kappa shape index (κ1) is 19.2. The monoisotopic (exact) mass is 362 g/mol. The van der Waals surface area contributed by atoms with Crippen LogP contribution in [0.15, 0.2) is 0 Å². The van der Waals surface area contributed by atoms with Crippen molar-refractivity contribution in [2.24, 2.45) is 17.3 Å². The molecule has 0 radical (unpaired) electrons. The van der Waals surface area contributed by atoms with Crippen LogP contribution in [0, 0.1) is 17.3 Å². The summed E-state index contributed by atoms with van der Waals surface area (Å²) in [5.41, 5.74) is 0.711. The molecule has 1 saturated carbocycles. The second-order valence-corrected chi connectivity index (χ2v) is 10.5. The molecule has 0 aromatic rings. The van der Waals surface area contributed by atoms with Crippen LogP contribution in [0.4, 0.5) is 0 Å². The standard InChI is InChI=1S/C22H42N4/c1-19(2)14-22(6-7-22)18-25-8-4-21(5-9-25)26-12-10-24(11-13-26)17-20-15-23(3)16-20/h19-21H,4-18H2,1-3H3. The maximum absolute atomic E-state index is 2.82. The van der Waals surface area contributed by atoms with Crippen LogP contribution in [0.2, 0.25) is 0 Å². The molecule has 3 saturated heterocycles. The molecule has 4 nitrogen and oxygen atoms in total. The zero-order chi connectivity index (χ0) is 18.1. The van der Waals surface area contributed by atoms with Gasteiger partial charge in [0, 0.05) is 58.4 Å². The molecular weight excluding hydrogens is 320 g/mol. The normalized spacial score (nSPS) is 30.0. The summed E-state index contributed by atoms with van der Waals surface area (Å²) in [4.78, 5) is 10.8. The van der Waals surface area contributed by atoms with E-state index in [1.165, 1.54) is 97.6 Å². The highest BCUT2D eigenvalue weighted by Crippen LogP contribution is 2.51. The first-order valence-corrected chi connectivity index (χ1v) is 11.4. The lowest BCUT2D eigenvalue weighted by Gasteiger charge is -2.45. The molecule has 0 unspecified atom stereocenters. The maximum Gasteiger partial charge on any atom is 0.0121 e. The van der Waals surface area contributed by atoms with Crippen LogP contribution in [-0.4, -0.2) is 98.1 Å². The lowest BCUT2D eigenvalue weighted by Crippen LogP contribution is -2.56. The number of hydrogen-bond donors (Lipinski definition) is 0. The Kier molecular flexibility index (Phi) is 5.95. The van der Waals surface area contributed by atoms with Crippen molar-refractivity contribution >= 4 is 0 Å². The highest BCUT2D eigenvalue weighted by Gasteiger charge is 2.44. The number of hydrogen-bond acceptors (Lipinski definition) is 4. The summed E-state index contributed by atoms with van der Waals surface area (Å²) >= 11 is 0. The molecule has 0 aromatic carbocycles. The lowest BCUT2D eigenvalue weighted by atomic mass is 9.92. The van der Waals surface area contributed by atoms with E-state index in [2.05, 4.69) is 40.5 Å². The van der Waals surface area contributed by atoms with Crippen molar-refractivity contribution in [3.63, 3.8) is 0 Å². The smallest absolute Gasteiger partial charge is 0.0121 e. The van der Waals surface area contributed by atoms with Gasteiger partial charge in [-0.15, -0.1) is 0 Å². The summed E-state index contributed by atoms with van der Waals surface area (Å²) < 4.78 is 0. The zero-order valence-electron chi connectivity index (χ0n) is 17.6. The molecule has 4 heteroatoms. The molecule has 150 valence electrons. The number of rotatable bonds is 7. The molecule has 0 spiro atoms. The van der Waals surface area contributed by atoms with E-state index >= 15 is 0 Å². The van der Waals surface area contributed by atoms with E-state index in [0.29, 0.717) is 5.41 Å². The van der Waals surface area contributed by atoms with E-state index in [-0.39, 0.29) is 0 Å². The Labute approximate surface area is 161 Å². The molecule has 3 aliphatic heterocycles. The topological polar surface area (TPSA) is 13.0 Å². The summed E-state index contributed by atoms with van der Waals surface area (Å²) in [6.45, 7) is 18.1. The van der Waals surface area contributed by atoms with Crippen molar-refractivity contribution in [1.82, 2.24) is 19.6 Å². The molecule has 0 N–H and O–H groups in total. The fraction of sp³-hybridized carbons (Fsp3) is 1.00. The van der Waals surface area contributed by atoms with E-state index in [1.54, 1.807) is 0 Å². The Morgan fingerprint density at radius 1 is 0.885 bits per heavy atom. The Morgan fingerprint density at radius 2 is 1.54 bits per heavy atom. The average molecular weight is 363 g/mol. The van der Waals surface area contributed by atoms with Gasteiger partial charge < -0.3 is 14.7 Å². The van der Waals surface area contributed by atoms with E-state index in [1.807, 2.05) is 0 Å². The number of piperazine rings is 1. The molecule has 0 bridgehead atoms. The van der Waals surface area contributed by atoms with E-state index in [9.17, 15) is 0 Å². The summed E-state index contributed by atoms with van der Waals surface area (Å²) in [6.07, 6.45) is 7.25. The maximum atomic E-state index is 2.82. The minimum Gasteiger partial charge on any atom is -0.306 e. The first-order valence-electron chi connectivity index (χ1n) is 11.4. The van der Waals surface area contributed by atoms with Crippen molar-refractivity contribution in [2.75, 3.05) is 72.5 Å². The van der Waals surface area contributed by atoms with Gasteiger partial charge in [-0.3, -0.25) is 4.90 Å². The predicted octanol–water partition coefficient (Wildman–Crippen LogP) is 2.46. The SMILES string of the molecule is CC(C)CC1(CN2CCC(N3CCN(CC4CN(C)C4)CC3)CC2)CC1. The van der Waals surface area contributed by atoms with Crippen LogP contribution in [-0.2, 0) is 0 Å². The molecule has 0 atom stereocenters. The Balaban J connectivity index is 1.14. The quantitative estimate of drug-likeness (QED) is 0.690. The second-order valence-electron chi connectivity index (χ2n) is 10.5. The summed E-state index contributed by atoms with van der Waals surface area (Å²) in [5, 5.41) is 0. The van der Waals surface area contributed by atoms with Gasteiger partial charge in [-0.25, -0.2) is 0 Å². The van der Waals surface area contributed by atoms with Crippen LogP contribution < -0.4 is 0 Å². The van der Waals surface area contributed by atoms with Gasteiger partial charge in [0.05, 0.1) is 0 Å². The van der Waals surface area contributed by atoms with Gasteiger partial charge in [0.1, 0.15) is 0 Å². The zero-order valence-corrected chi connectivity index (χ0v) is 17.6. The number of likely N-dealkylation sites (tertiary alicyclic amines) is 2.